The van der Waals surface area contributed by atoms with E-state index in [4.69, 9.17) is 28.8 Å². The van der Waals surface area contributed by atoms with Crippen molar-refractivity contribution in [2.45, 2.75) is 58.9 Å². The van der Waals surface area contributed by atoms with Crippen LogP contribution in [0.5, 0.6) is 5.88 Å². The quantitative estimate of drug-likeness (QED) is 0.685. The highest BCUT2D eigenvalue weighted by molar-refractivity contribution is 7.48. The van der Waals surface area contributed by atoms with E-state index in [-0.39, 0.29) is 11.8 Å². The van der Waals surface area contributed by atoms with Gasteiger partial charge in [0.15, 0.2) is 11.2 Å². The Labute approximate surface area is 172 Å². The minimum Gasteiger partial charge on any atom is -0.476 e. The summed E-state index contributed by atoms with van der Waals surface area (Å²) in [6, 6.07) is 0. The molecule has 0 bridgehead atoms. The van der Waals surface area contributed by atoms with Crippen molar-refractivity contribution in [2.75, 3.05) is 18.9 Å². The fourth-order valence-electron chi connectivity index (χ4n) is 3.78. The average molecular weight is 445 g/mol. The van der Waals surface area contributed by atoms with E-state index >= 15 is 4.39 Å². The van der Waals surface area contributed by atoms with Gasteiger partial charge < -0.3 is 15.2 Å². The van der Waals surface area contributed by atoms with E-state index in [0.717, 1.165) is 0 Å². The second-order valence-electron chi connectivity index (χ2n) is 8.08. The Morgan fingerprint density at radius 1 is 1.43 bits per heavy atom. The van der Waals surface area contributed by atoms with Crippen molar-refractivity contribution in [3.63, 3.8) is 0 Å². The molecule has 2 aromatic rings. The molecule has 2 aliphatic heterocycles. The molecule has 2 aromatic heterocycles. The first-order valence-corrected chi connectivity index (χ1v) is 11.1. The Morgan fingerprint density at radius 3 is 2.83 bits per heavy atom. The van der Waals surface area contributed by atoms with Crippen LogP contribution in [0.4, 0.5) is 10.3 Å². The summed E-state index contributed by atoms with van der Waals surface area (Å²) in [6.07, 6.45) is -1.13. The van der Waals surface area contributed by atoms with E-state index in [0.29, 0.717) is 17.8 Å². The zero-order valence-electron chi connectivity index (χ0n) is 17.4. The summed E-state index contributed by atoms with van der Waals surface area (Å²) >= 11 is 0. The van der Waals surface area contributed by atoms with Crippen LogP contribution < -0.4 is 10.5 Å². The van der Waals surface area contributed by atoms with Gasteiger partial charge in [0.1, 0.15) is 18.9 Å². The number of nitrogens with two attached hydrogens (primary N) is 1. The maximum Gasteiger partial charge on any atom is 0.475 e. The molecule has 0 radical (unpaired) electrons. The molecule has 4 rings (SSSR count). The van der Waals surface area contributed by atoms with Crippen LogP contribution in [-0.2, 0) is 22.9 Å². The Morgan fingerprint density at radius 2 is 2.17 bits per heavy atom. The van der Waals surface area contributed by atoms with E-state index in [1.165, 1.54) is 10.9 Å². The highest BCUT2D eigenvalue weighted by atomic mass is 31.2. The fraction of sp³-hybridized carbons (Fsp3) is 0.706. The van der Waals surface area contributed by atoms with E-state index in [1.807, 2.05) is 0 Å². The van der Waals surface area contributed by atoms with Crippen molar-refractivity contribution in [1.82, 2.24) is 19.5 Å². The largest absolute Gasteiger partial charge is 0.476 e. The predicted octanol–water partition coefficient (Wildman–Crippen LogP) is 2.98. The molecule has 0 unspecified atom stereocenters. The lowest BCUT2D eigenvalue weighted by atomic mass is 9.84. The van der Waals surface area contributed by atoms with E-state index in [9.17, 15) is 4.57 Å². The summed E-state index contributed by atoms with van der Waals surface area (Å²) in [5.74, 6) is -2.15. The molecular weight excluding hydrogens is 420 g/mol. The van der Waals surface area contributed by atoms with Gasteiger partial charge in [-0.25, -0.2) is 13.9 Å². The zero-order chi connectivity index (χ0) is 21.9. The minimum atomic E-state index is -3.95. The van der Waals surface area contributed by atoms with Crippen molar-refractivity contribution in [2.24, 2.45) is 5.41 Å². The number of fused-ring (bicyclic) bond motifs is 2. The van der Waals surface area contributed by atoms with Crippen LogP contribution in [-0.4, -0.2) is 50.8 Å². The lowest BCUT2D eigenvalue weighted by Gasteiger charge is -2.38. The Bertz CT molecular complexity index is 1020. The van der Waals surface area contributed by atoms with E-state index in [2.05, 4.69) is 15.0 Å². The number of alkyl halides is 1. The van der Waals surface area contributed by atoms with E-state index < -0.39 is 44.1 Å². The van der Waals surface area contributed by atoms with Crippen molar-refractivity contribution < 1.29 is 32.0 Å². The van der Waals surface area contributed by atoms with Crippen molar-refractivity contribution in [3.8, 4) is 5.88 Å². The number of phosphoric acid groups is 1. The van der Waals surface area contributed by atoms with Gasteiger partial charge in [0.25, 0.3) is 5.85 Å². The number of hydrogen-bond donors (Lipinski definition) is 1. The van der Waals surface area contributed by atoms with Crippen molar-refractivity contribution in [3.05, 3.63) is 6.33 Å². The molecule has 2 saturated heterocycles. The summed E-state index contributed by atoms with van der Waals surface area (Å²) in [4.78, 5) is 12.6. The van der Waals surface area contributed by atoms with Crippen LogP contribution in [0.3, 0.4) is 0 Å². The lowest BCUT2D eigenvalue weighted by molar-refractivity contribution is -0.220. The molecule has 0 aromatic carbocycles. The van der Waals surface area contributed by atoms with Gasteiger partial charge in [-0.15, -0.1) is 0 Å². The minimum absolute atomic E-state index is 0.0229. The summed E-state index contributed by atoms with van der Waals surface area (Å²) in [5.41, 5.74) is 5.49. The van der Waals surface area contributed by atoms with Crippen molar-refractivity contribution in [1.29, 1.82) is 0 Å². The highest BCUT2D eigenvalue weighted by Crippen LogP contribution is 2.65. The third-order valence-electron chi connectivity index (χ3n) is 4.95. The molecule has 2 fully saturated rings. The smallest absolute Gasteiger partial charge is 0.475 e. The summed E-state index contributed by atoms with van der Waals surface area (Å²) in [7, 11) is -3.95. The van der Waals surface area contributed by atoms with Crippen LogP contribution in [0.25, 0.3) is 11.2 Å². The van der Waals surface area contributed by atoms with Gasteiger partial charge in [-0.2, -0.15) is 9.97 Å². The second-order valence-corrected chi connectivity index (χ2v) is 9.66. The third kappa shape index (κ3) is 3.36. The molecule has 0 saturated carbocycles. The SMILES string of the molecule is CCOc1nc(N)nc2c1ncn2[C@@H]1O[C@]2(F)CO[P@](=O)(OC(C)C)O[C@H]2C1(C)C. The number of ether oxygens (including phenoxy) is 2. The molecule has 2 aliphatic rings. The molecule has 30 heavy (non-hydrogen) atoms. The normalized spacial score (nSPS) is 33.2. The predicted molar refractivity (Wildman–Crippen MR) is 103 cm³/mol. The van der Waals surface area contributed by atoms with Crippen LogP contribution in [0.2, 0.25) is 0 Å². The summed E-state index contributed by atoms with van der Waals surface area (Å²) < 4.78 is 57.3. The number of anilines is 1. The van der Waals surface area contributed by atoms with Crippen molar-refractivity contribution >= 4 is 24.9 Å². The topological polar surface area (TPSA) is 133 Å². The number of halogens is 1. The number of nitrogens with zero attached hydrogens (tertiary/aromatic N) is 4. The summed E-state index contributed by atoms with van der Waals surface area (Å²) in [6.45, 7) is 8.38. The molecule has 0 spiro atoms. The molecule has 2 N–H and O–H groups in total. The Balaban J connectivity index is 1.74. The first kappa shape index (κ1) is 21.4. The molecule has 0 aliphatic carbocycles. The monoisotopic (exact) mass is 445 g/mol. The number of imidazole rings is 1. The zero-order valence-corrected chi connectivity index (χ0v) is 18.3. The first-order chi connectivity index (χ1) is 14.0. The van der Waals surface area contributed by atoms with Crippen LogP contribution in [0.15, 0.2) is 6.33 Å². The Kier molecular flexibility index (Phi) is 5.06. The summed E-state index contributed by atoms with van der Waals surface area (Å²) in [5, 5.41) is 0. The Hall–Kier alpha value is -1.85. The molecule has 0 amide bonds. The standard InChI is InChI=1S/C17H25FN5O6P/c1-6-25-12-10-11(21-15(19)22-12)23(8-20-10)14-16(4,5)13-17(18,27-14)7-26-30(24,29-13)28-9(2)3/h8-9,13-14H,6-7H2,1-5H3,(H2,19,21,22)/t13-,14+,17+,30+/m0/s1. The highest BCUT2D eigenvalue weighted by Gasteiger charge is 2.67. The van der Waals surface area contributed by atoms with Gasteiger partial charge in [0.05, 0.1) is 19.0 Å². The lowest BCUT2D eigenvalue weighted by Crippen LogP contribution is -2.48. The number of aromatic nitrogens is 4. The van der Waals surface area contributed by atoms with E-state index in [1.54, 1.807) is 34.6 Å². The number of rotatable bonds is 5. The fourth-order valence-corrected chi connectivity index (χ4v) is 5.49. The van der Waals surface area contributed by atoms with Crippen LogP contribution in [0, 0.1) is 5.41 Å². The molecule has 4 heterocycles. The first-order valence-electron chi connectivity index (χ1n) is 9.60. The molecule has 4 atom stereocenters. The third-order valence-corrected chi connectivity index (χ3v) is 6.54. The molecular formula is C17H25FN5O6P. The second kappa shape index (κ2) is 7.10. The van der Waals surface area contributed by atoms with Gasteiger partial charge in [-0.1, -0.05) is 13.8 Å². The van der Waals surface area contributed by atoms with Gasteiger partial charge >= 0.3 is 7.82 Å². The van der Waals surface area contributed by atoms with Crippen LogP contribution >= 0.6 is 7.82 Å². The maximum atomic E-state index is 15.7. The molecule has 166 valence electrons. The average Bonchev–Trinajstić information content (AvgIpc) is 3.13. The number of hydrogen-bond acceptors (Lipinski definition) is 10. The number of phosphoric ester groups is 1. The van der Waals surface area contributed by atoms with Gasteiger partial charge in [-0.3, -0.25) is 18.1 Å². The molecule has 13 heteroatoms. The van der Waals surface area contributed by atoms with Crippen LogP contribution in [0.1, 0.15) is 40.8 Å². The van der Waals surface area contributed by atoms with Gasteiger partial charge in [-0.05, 0) is 20.8 Å². The molecule has 11 nitrogen and oxygen atoms in total. The van der Waals surface area contributed by atoms with Gasteiger partial charge in [0.2, 0.25) is 11.8 Å². The van der Waals surface area contributed by atoms with Gasteiger partial charge in [0, 0.05) is 5.41 Å². The maximum absolute atomic E-state index is 15.7. The number of nitrogen functional groups attached to an aromatic ring is 1.